The first-order chi connectivity index (χ1) is 16.4. The van der Waals surface area contributed by atoms with Crippen molar-refractivity contribution in [2.45, 2.75) is 18.5 Å². The van der Waals surface area contributed by atoms with Crippen LogP contribution in [0.25, 0.3) is 11.1 Å². The standard InChI is InChI=1S/C25H28ClFN4O3/c1-29-11-14-5-7-31(19(14)12-29)18-9-16(21-17(27)3-2-4-20(21)32)23(26)24-22(18)25(33)30-8-6-28-10-15(30)13-34-24/h2-4,9,14-15,19,28,32H,5-8,10-13H2,1H3/t14?,15-,19?/m1/s1. The normalized spacial score (nSPS) is 26.7. The van der Waals surface area contributed by atoms with Crippen molar-refractivity contribution in [3.8, 4) is 22.6 Å². The van der Waals surface area contributed by atoms with Gasteiger partial charge in [0.05, 0.1) is 22.3 Å². The monoisotopic (exact) mass is 486 g/mol. The molecule has 2 N–H and O–H groups in total. The predicted octanol–water partition coefficient (Wildman–Crippen LogP) is 2.80. The number of carbonyl (C=O) groups is 1. The first-order valence-corrected chi connectivity index (χ1v) is 12.3. The van der Waals surface area contributed by atoms with Crippen molar-refractivity contribution in [3.63, 3.8) is 0 Å². The van der Waals surface area contributed by atoms with Gasteiger partial charge in [0, 0.05) is 50.9 Å². The predicted molar refractivity (Wildman–Crippen MR) is 128 cm³/mol. The van der Waals surface area contributed by atoms with Crippen LogP contribution in [0.3, 0.4) is 0 Å². The number of carbonyl (C=O) groups excluding carboxylic acids is 1. The Kier molecular flexibility index (Phi) is 5.35. The summed E-state index contributed by atoms with van der Waals surface area (Å²) in [5, 5.41) is 14.0. The summed E-state index contributed by atoms with van der Waals surface area (Å²) < 4.78 is 21.2. The zero-order valence-electron chi connectivity index (χ0n) is 19.1. The van der Waals surface area contributed by atoms with Crippen molar-refractivity contribution in [3.05, 3.63) is 40.7 Å². The van der Waals surface area contributed by atoms with Crippen molar-refractivity contribution < 1.29 is 19.0 Å². The zero-order chi connectivity index (χ0) is 23.6. The van der Waals surface area contributed by atoms with Crippen LogP contribution in [0.15, 0.2) is 24.3 Å². The molecule has 1 amide bonds. The summed E-state index contributed by atoms with van der Waals surface area (Å²) in [6.45, 7) is 4.97. The van der Waals surface area contributed by atoms with Crippen LogP contribution in [0.4, 0.5) is 10.1 Å². The Hall–Kier alpha value is -2.55. The SMILES string of the molecule is CN1CC2CCN(c3cc(-c4c(O)cccc4F)c(Cl)c4c3C(=O)N3CCNC[C@@H]3CO4)C2C1. The van der Waals surface area contributed by atoms with Gasteiger partial charge in [-0.1, -0.05) is 17.7 Å². The highest BCUT2D eigenvalue weighted by molar-refractivity contribution is 6.36. The molecule has 0 spiro atoms. The third-order valence-electron chi connectivity index (χ3n) is 7.75. The van der Waals surface area contributed by atoms with Crippen LogP contribution in [-0.4, -0.2) is 85.8 Å². The van der Waals surface area contributed by atoms with Gasteiger partial charge in [-0.05, 0) is 37.6 Å². The number of fused-ring (bicyclic) bond motifs is 3. The van der Waals surface area contributed by atoms with Crippen molar-refractivity contribution in [2.24, 2.45) is 5.92 Å². The van der Waals surface area contributed by atoms with Crippen LogP contribution in [0.5, 0.6) is 11.5 Å². The molecule has 2 unspecified atom stereocenters. The number of hydrogen-bond acceptors (Lipinski definition) is 6. The van der Waals surface area contributed by atoms with Gasteiger partial charge in [-0.3, -0.25) is 4.79 Å². The minimum atomic E-state index is -0.575. The highest BCUT2D eigenvalue weighted by Crippen LogP contribution is 2.49. The van der Waals surface area contributed by atoms with E-state index in [0.717, 1.165) is 32.6 Å². The number of phenols is 1. The molecular weight excluding hydrogens is 459 g/mol. The zero-order valence-corrected chi connectivity index (χ0v) is 19.8. The number of anilines is 1. The number of rotatable bonds is 2. The van der Waals surface area contributed by atoms with E-state index in [4.69, 9.17) is 16.3 Å². The van der Waals surface area contributed by atoms with E-state index in [1.165, 1.54) is 18.2 Å². The number of amides is 1. The molecule has 3 saturated heterocycles. The fraction of sp³-hybridized carbons (Fsp3) is 0.480. The van der Waals surface area contributed by atoms with Gasteiger partial charge in [-0.2, -0.15) is 0 Å². The summed E-state index contributed by atoms with van der Waals surface area (Å²) in [4.78, 5) is 20.4. The van der Waals surface area contributed by atoms with Crippen LogP contribution in [0.2, 0.25) is 5.02 Å². The average Bonchev–Trinajstić information content (AvgIpc) is 3.33. The van der Waals surface area contributed by atoms with Crippen LogP contribution in [0.1, 0.15) is 16.8 Å². The molecule has 3 fully saturated rings. The lowest BCUT2D eigenvalue weighted by molar-refractivity contribution is 0.0607. The van der Waals surface area contributed by atoms with E-state index >= 15 is 0 Å². The Labute approximate surface area is 203 Å². The second-order valence-electron chi connectivity index (χ2n) is 9.79. The number of aromatic hydroxyl groups is 1. The minimum absolute atomic E-state index is 0.0236. The molecule has 2 aromatic carbocycles. The van der Waals surface area contributed by atoms with Gasteiger partial charge in [-0.25, -0.2) is 4.39 Å². The average molecular weight is 487 g/mol. The van der Waals surface area contributed by atoms with Gasteiger partial charge in [0.1, 0.15) is 23.7 Å². The second kappa shape index (κ2) is 8.29. The number of nitrogens with one attached hydrogen (secondary N) is 1. The molecule has 0 aliphatic carbocycles. The number of nitrogens with zero attached hydrogens (tertiary/aromatic N) is 3. The van der Waals surface area contributed by atoms with Crippen LogP contribution in [0, 0.1) is 11.7 Å². The molecule has 0 saturated carbocycles. The molecule has 34 heavy (non-hydrogen) atoms. The van der Waals surface area contributed by atoms with E-state index in [0.29, 0.717) is 42.4 Å². The molecular formula is C25H28ClFN4O3. The lowest BCUT2D eigenvalue weighted by atomic mass is 9.97. The number of phenolic OH excluding ortho intramolecular Hbond substituents is 1. The molecule has 4 aliphatic rings. The minimum Gasteiger partial charge on any atom is -0.507 e. The summed E-state index contributed by atoms with van der Waals surface area (Å²) in [7, 11) is 2.11. The van der Waals surface area contributed by atoms with E-state index in [1.807, 2.05) is 4.90 Å². The fourth-order valence-corrected chi connectivity index (χ4v) is 6.42. The van der Waals surface area contributed by atoms with Gasteiger partial charge in [-0.15, -0.1) is 0 Å². The van der Waals surface area contributed by atoms with E-state index in [2.05, 4.69) is 22.2 Å². The van der Waals surface area contributed by atoms with Gasteiger partial charge in [0.15, 0.2) is 5.75 Å². The Balaban J connectivity index is 1.57. The first kappa shape index (κ1) is 21.9. The summed E-state index contributed by atoms with van der Waals surface area (Å²) in [5.41, 5.74) is 1.52. The largest absolute Gasteiger partial charge is 0.507 e. The number of piperazine rings is 1. The molecule has 4 aliphatic heterocycles. The number of hydrogen-bond donors (Lipinski definition) is 2. The lowest BCUT2D eigenvalue weighted by Crippen LogP contribution is -2.55. The quantitative estimate of drug-likeness (QED) is 0.680. The molecule has 0 radical (unpaired) electrons. The molecule has 7 nitrogen and oxygen atoms in total. The van der Waals surface area contributed by atoms with E-state index < -0.39 is 5.82 Å². The summed E-state index contributed by atoms with van der Waals surface area (Å²) in [6.07, 6.45) is 1.03. The number of benzene rings is 2. The molecule has 0 aromatic heterocycles. The van der Waals surface area contributed by atoms with E-state index in [-0.39, 0.29) is 40.1 Å². The highest BCUT2D eigenvalue weighted by atomic mass is 35.5. The van der Waals surface area contributed by atoms with Gasteiger partial charge in [0.25, 0.3) is 5.91 Å². The Bertz CT molecular complexity index is 1140. The van der Waals surface area contributed by atoms with Crippen molar-refractivity contribution in [2.75, 3.05) is 57.8 Å². The maximum absolute atomic E-state index is 15.0. The topological polar surface area (TPSA) is 68.3 Å². The number of ether oxygens (including phenoxy) is 1. The smallest absolute Gasteiger partial charge is 0.260 e. The highest BCUT2D eigenvalue weighted by Gasteiger charge is 2.44. The van der Waals surface area contributed by atoms with Crippen molar-refractivity contribution in [1.82, 2.24) is 15.1 Å². The van der Waals surface area contributed by atoms with Crippen LogP contribution in [-0.2, 0) is 0 Å². The Morgan fingerprint density at radius 1 is 1.21 bits per heavy atom. The number of likely N-dealkylation sites (tertiary alicyclic amines) is 1. The number of halogens is 2. The summed E-state index contributed by atoms with van der Waals surface area (Å²) >= 11 is 6.84. The van der Waals surface area contributed by atoms with Crippen LogP contribution < -0.4 is 15.0 Å². The molecule has 4 heterocycles. The third-order valence-corrected chi connectivity index (χ3v) is 8.12. The molecule has 6 rings (SSSR count). The molecule has 0 bridgehead atoms. The Morgan fingerprint density at radius 3 is 2.88 bits per heavy atom. The summed E-state index contributed by atoms with van der Waals surface area (Å²) in [6, 6.07) is 6.13. The van der Waals surface area contributed by atoms with Gasteiger partial charge < -0.3 is 29.9 Å². The number of likely N-dealkylation sites (N-methyl/N-ethyl adjacent to an activating group) is 1. The van der Waals surface area contributed by atoms with Crippen molar-refractivity contribution >= 4 is 23.2 Å². The second-order valence-corrected chi connectivity index (χ2v) is 10.2. The van der Waals surface area contributed by atoms with E-state index in [9.17, 15) is 14.3 Å². The lowest BCUT2D eigenvalue weighted by Gasteiger charge is -2.35. The molecule has 2 aromatic rings. The van der Waals surface area contributed by atoms with Gasteiger partial charge in [0.2, 0.25) is 0 Å². The van der Waals surface area contributed by atoms with Gasteiger partial charge >= 0.3 is 0 Å². The third kappa shape index (κ3) is 3.34. The maximum atomic E-state index is 15.0. The van der Waals surface area contributed by atoms with E-state index in [1.54, 1.807) is 6.07 Å². The van der Waals surface area contributed by atoms with Crippen molar-refractivity contribution in [1.29, 1.82) is 0 Å². The van der Waals surface area contributed by atoms with Crippen LogP contribution >= 0.6 is 11.6 Å². The molecule has 180 valence electrons. The fourth-order valence-electron chi connectivity index (χ4n) is 6.12. The first-order valence-electron chi connectivity index (χ1n) is 11.9. The molecule has 3 atom stereocenters. The maximum Gasteiger partial charge on any atom is 0.260 e. The molecule has 9 heteroatoms. The Morgan fingerprint density at radius 2 is 2.06 bits per heavy atom. The summed E-state index contributed by atoms with van der Waals surface area (Å²) in [5.74, 6) is -0.0834.